The van der Waals surface area contributed by atoms with Gasteiger partial charge in [-0.05, 0) is 12.0 Å². The van der Waals surface area contributed by atoms with E-state index in [2.05, 4.69) is 5.32 Å². The molecule has 0 saturated carbocycles. The summed E-state index contributed by atoms with van der Waals surface area (Å²) in [6.45, 7) is -0.452. The molecular weight excluding hydrogens is 278 g/mol. The van der Waals surface area contributed by atoms with E-state index in [0.717, 1.165) is 5.56 Å². The van der Waals surface area contributed by atoms with Crippen molar-refractivity contribution in [1.82, 2.24) is 5.32 Å². The largest absolute Gasteiger partial charge is 0.480 e. The third-order valence-corrected chi connectivity index (χ3v) is 3.49. The molecule has 21 heavy (non-hydrogen) atoms. The highest BCUT2D eigenvalue weighted by molar-refractivity contribution is 5.74. The molecular formula is C14H19NO6. The summed E-state index contributed by atoms with van der Waals surface area (Å²) in [4.78, 5) is 11.3. The van der Waals surface area contributed by atoms with Crippen molar-refractivity contribution in [1.29, 1.82) is 0 Å². The first-order valence-electron chi connectivity index (χ1n) is 6.68. The lowest BCUT2D eigenvalue weighted by molar-refractivity contribution is -0.141. The highest BCUT2D eigenvalue weighted by Crippen LogP contribution is 2.20. The van der Waals surface area contributed by atoms with Crippen molar-refractivity contribution in [2.24, 2.45) is 0 Å². The average Bonchev–Trinajstić information content (AvgIpc) is 2.75. The third kappa shape index (κ3) is 3.78. The van der Waals surface area contributed by atoms with Crippen LogP contribution in [0.2, 0.25) is 0 Å². The first-order chi connectivity index (χ1) is 10.0. The van der Waals surface area contributed by atoms with Crippen LogP contribution in [0.4, 0.5) is 0 Å². The molecule has 0 aromatic heterocycles. The summed E-state index contributed by atoms with van der Waals surface area (Å²) in [6.07, 6.45) is -4.30. The van der Waals surface area contributed by atoms with Crippen molar-refractivity contribution < 1.29 is 30.0 Å². The fraction of sp³-hybridized carbons (Fsp3) is 0.500. The zero-order valence-electron chi connectivity index (χ0n) is 11.3. The van der Waals surface area contributed by atoms with Gasteiger partial charge in [-0.2, -0.15) is 0 Å². The summed E-state index contributed by atoms with van der Waals surface area (Å²) in [6, 6.07) is 8.07. The number of aliphatic hydroxyl groups excluding tert-OH is 3. The van der Waals surface area contributed by atoms with Crippen molar-refractivity contribution in [2.75, 3.05) is 6.61 Å². The molecule has 116 valence electrons. The highest BCUT2D eigenvalue weighted by Gasteiger charge is 2.43. The molecule has 5 N–H and O–H groups in total. The van der Waals surface area contributed by atoms with Gasteiger partial charge in [0.1, 0.15) is 30.6 Å². The summed E-state index contributed by atoms with van der Waals surface area (Å²) in [5, 5.41) is 40.4. The molecule has 1 unspecified atom stereocenters. The fourth-order valence-electron chi connectivity index (χ4n) is 2.30. The van der Waals surface area contributed by atoms with Gasteiger partial charge in [0.15, 0.2) is 0 Å². The van der Waals surface area contributed by atoms with Crippen LogP contribution in [0.15, 0.2) is 30.3 Å². The standard InChI is InChI=1S/C14H19NO6/c16-7-10-11(17)12(18)13(21-10)15-9(14(19)20)6-8-4-2-1-3-5-8/h1-5,9-13,15-18H,6-7H2,(H,19,20)/t9-,10+,11+,12+,13?/m0/s1. The molecule has 1 heterocycles. The Hall–Kier alpha value is -1.51. The quantitative estimate of drug-likeness (QED) is 0.443. The lowest BCUT2D eigenvalue weighted by atomic mass is 10.1. The Morgan fingerprint density at radius 1 is 1.24 bits per heavy atom. The smallest absolute Gasteiger partial charge is 0.321 e. The Balaban J connectivity index is 2.02. The van der Waals surface area contributed by atoms with Crippen molar-refractivity contribution in [3.05, 3.63) is 35.9 Å². The summed E-state index contributed by atoms with van der Waals surface area (Å²) in [5.74, 6) is -1.09. The molecule has 5 atom stereocenters. The van der Waals surface area contributed by atoms with Gasteiger partial charge in [0.25, 0.3) is 0 Å². The third-order valence-electron chi connectivity index (χ3n) is 3.49. The van der Waals surface area contributed by atoms with E-state index in [4.69, 9.17) is 9.84 Å². The Kier molecular flexibility index (Phi) is 5.27. The van der Waals surface area contributed by atoms with Crippen LogP contribution in [-0.2, 0) is 16.0 Å². The highest BCUT2D eigenvalue weighted by atomic mass is 16.6. The van der Waals surface area contributed by atoms with Crippen LogP contribution in [0, 0.1) is 0 Å². The maximum atomic E-state index is 11.3. The van der Waals surface area contributed by atoms with E-state index in [-0.39, 0.29) is 6.42 Å². The molecule has 1 aromatic rings. The second-order valence-corrected chi connectivity index (χ2v) is 5.01. The van der Waals surface area contributed by atoms with E-state index in [1.807, 2.05) is 6.07 Å². The second kappa shape index (κ2) is 6.97. The van der Waals surface area contributed by atoms with E-state index in [9.17, 15) is 20.1 Å². The molecule has 0 amide bonds. The normalized spacial score (nSPS) is 30.2. The number of ether oxygens (including phenoxy) is 1. The minimum atomic E-state index is -1.29. The maximum Gasteiger partial charge on any atom is 0.321 e. The SMILES string of the molecule is O=C(O)[C@H](Cc1ccccc1)NC1O[C@H](CO)[C@@H](O)[C@H]1O. The molecule has 1 aromatic carbocycles. The number of aliphatic carboxylic acids is 1. The minimum absolute atomic E-state index is 0.211. The number of hydrogen-bond acceptors (Lipinski definition) is 6. The lowest BCUT2D eigenvalue weighted by Gasteiger charge is -2.22. The summed E-state index contributed by atoms with van der Waals surface area (Å²) in [5.41, 5.74) is 0.823. The van der Waals surface area contributed by atoms with Gasteiger partial charge >= 0.3 is 5.97 Å². The average molecular weight is 297 g/mol. The van der Waals surface area contributed by atoms with Crippen LogP contribution in [0.1, 0.15) is 5.56 Å². The molecule has 0 radical (unpaired) electrons. The van der Waals surface area contributed by atoms with Crippen molar-refractivity contribution in [3.8, 4) is 0 Å². The predicted molar refractivity (Wildman–Crippen MR) is 72.5 cm³/mol. The molecule has 0 bridgehead atoms. The lowest BCUT2D eigenvalue weighted by Crippen LogP contribution is -2.49. The summed E-state index contributed by atoms with van der Waals surface area (Å²) in [7, 11) is 0. The monoisotopic (exact) mass is 297 g/mol. The van der Waals surface area contributed by atoms with Crippen molar-refractivity contribution >= 4 is 5.97 Å². The second-order valence-electron chi connectivity index (χ2n) is 5.01. The Morgan fingerprint density at radius 3 is 2.43 bits per heavy atom. The number of carbonyl (C=O) groups is 1. The number of hydrogen-bond donors (Lipinski definition) is 5. The molecule has 7 heteroatoms. The van der Waals surface area contributed by atoms with E-state index < -0.39 is 43.2 Å². The van der Waals surface area contributed by atoms with Gasteiger partial charge in [0.2, 0.25) is 0 Å². The van der Waals surface area contributed by atoms with E-state index in [1.165, 1.54) is 0 Å². The predicted octanol–water partition coefficient (Wildman–Crippen LogP) is -1.29. The maximum absolute atomic E-state index is 11.3. The molecule has 0 aliphatic carbocycles. The molecule has 1 aliphatic rings. The number of rotatable bonds is 6. The fourth-order valence-corrected chi connectivity index (χ4v) is 2.30. The van der Waals surface area contributed by atoms with Crippen LogP contribution >= 0.6 is 0 Å². The topological polar surface area (TPSA) is 119 Å². The molecule has 1 saturated heterocycles. The molecule has 7 nitrogen and oxygen atoms in total. The number of carboxylic acid groups (broad SMARTS) is 1. The number of carboxylic acids is 1. The van der Waals surface area contributed by atoms with E-state index in [0.29, 0.717) is 0 Å². The van der Waals surface area contributed by atoms with Crippen LogP contribution in [-0.4, -0.2) is 63.6 Å². The summed E-state index contributed by atoms with van der Waals surface area (Å²) >= 11 is 0. The van der Waals surface area contributed by atoms with Gasteiger partial charge in [-0.15, -0.1) is 0 Å². The van der Waals surface area contributed by atoms with Crippen molar-refractivity contribution in [3.63, 3.8) is 0 Å². The van der Waals surface area contributed by atoms with Crippen LogP contribution in [0.25, 0.3) is 0 Å². The minimum Gasteiger partial charge on any atom is -0.480 e. The molecule has 1 fully saturated rings. The van der Waals surface area contributed by atoms with E-state index in [1.54, 1.807) is 24.3 Å². The Morgan fingerprint density at radius 2 is 1.90 bits per heavy atom. The van der Waals surface area contributed by atoms with E-state index >= 15 is 0 Å². The first kappa shape index (κ1) is 15.9. The Bertz CT molecular complexity index is 468. The van der Waals surface area contributed by atoms with Gasteiger partial charge < -0.3 is 25.2 Å². The molecule has 1 aliphatic heterocycles. The first-order valence-corrected chi connectivity index (χ1v) is 6.68. The van der Waals surface area contributed by atoms with Gasteiger partial charge in [-0.1, -0.05) is 30.3 Å². The molecule has 0 spiro atoms. The van der Waals surface area contributed by atoms with Gasteiger partial charge in [-0.25, -0.2) is 0 Å². The van der Waals surface area contributed by atoms with Crippen LogP contribution < -0.4 is 5.32 Å². The molecule has 2 rings (SSSR count). The van der Waals surface area contributed by atoms with Crippen LogP contribution in [0.3, 0.4) is 0 Å². The van der Waals surface area contributed by atoms with Gasteiger partial charge in [0, 0.05) is 0 Å². The number of benzene rings is 1. The zero-order valence-corrected chi connectivity index (χ0v) is 11.3. The number of aliphatic hydroxyl groups is 3. The van der Waals surface area contributed by atoms with Gasteiger partial charge in [-0.3, -0.25) is 10.1 Å². The summed E-state index contributed by atoms with van der Waals surface area (Å²) < 4.78 is 5.23. The van der Waals surface area contributed by atoms with Crippen molar-refractivity contribution in [2.45, 2.75) is 37.0 Å². The number of nitrogens with one attached hydrogen (secondary N) is 1. The zero-order chi connectivity index (χ0) is 15.4. The Labute approximate surface area is 121 Å². The van der Waals surface area contributed by atoms with Crippen LogP contribution in [0.5, 0.6) is 0 Å². The van der Waals surface area contributed by atoms with Gasteiger partial charge in [0.05, 0.1) is 6.61 Å².